The van der Waals surface area contributed by atoms with Gasteiger partial charge in [0.1, 0.15) is 17.0 Å². The van der Waals surface area contributed by atoms with Crippen LogP contribution in [0.4, 0.5) is 5.69 Å². The van der Waals surface area contributed by atoms with Crippen LogP contribution in [-0.2, 0) is 10.0 Å². The molecule has 0 spiro atoms. The summed E-state index contributed by atoms with van der Waals surface area (Å²) in [5.74, 6) is 0.602. The average molecular weight is 344 g/mol. The smallest absolute Gasteiger partial charge is 0.262 e. The second-order valence-electron chi connectivity index (χ2n) is 5.05. The first-order valence-electron chi connectivity index (χ1n) is 7.33. The highest BCUT2D eigenvalue weighted by Gasteiger charge is 2.20. The van der Waals surface area contributed by atoms with E-state index in [1.807, 2.05) is 6.92 Å². The number of fused-ring (bicyclic) bond motifs is 1. The van der Waals surface area contributed by atoms with Gasteiger partial charge in [0, 0.05) is 17.3 Å². The molecule has 0 fully saturated rings. The van der Waals surface area contributed by atoms with Gasteiger partial charge in [-0.05, 0) is 55.5 Å². The van der Waals surface area contributed by atoms with Crippen LogP contribution < -0.4 is 9.46 Å². The van der Waals surface area contributed by atoms with E-state index < -0.39 is 10.0 Å². The van der Waals surface area contributed by atoms with Crippen LogP contribution in [-0.4, -0.2) is 25.1 Å². The Morgan fingerprint density at radius 3 is 2.58 bits per heavy atom. The second kappa shape index (κ2) is 6.37. The van der Waals surface area contributed by atoms with Crippen molar-refractivity contribution in [3.63, 3.8) is 0 Å². The van der Waals surface area contributed by atoms with Gasteiger partial charge in [-0.2, -0.15) is 0 Å². The van der Waals surface area contributed by atoms with Gasteiger partial charge >= 0.3 is 0 Å². The predicted octanol–water partition coefficient (Wildman–Crippen LogP) is 3.14. The van der Waals surface area contributed by atoms with Crippen LogP contribution in [0.5, 0.6) is 11.5 Å². The first-order chi connectivity index (χ1) is 11.5. The number of hydrogen-bond acceptors (Lipinski definition) is 5. The van der Waals surface area contributed by atoms with Gasteiger partial charge in [0.2, 0.25) is 0 Å². The Bertz CT molecular complexity index is 970. The maximum absolute atomic E-state index is 12.7. The zero-order valence-corrected chi connectivity index (χ0v) is 13.7. The molecule has 0 aliphatic rings. The molecule has 2 aromatic carbocycles. The van der Waals surface area contributed by atoms with E-state index in [1.54, 1.807) is 24.4 Å². The molecule has 6 nitrogen and oxygen atoms in total. The Morgan fingerprint density at radius 1 is 1.12 bits per heavy atom. The zero-order valence-electron chi connectivity index (χ0n) is 12.9. The summed E-state index contributed by atoms with van der Waals surface area (Å²) in [6.45, 7) is 2.31. The van der Waals surface area contributed by atoms with E-state index in [-0.39, 0.29) is 10.6 Å². The molecule has 0 saturated heterocycles. The first kappa shape index (κ1) is 16.1. The fourth-order valence-electron chi connectivity index (χ4n) is 2.37. The molecule has 124 valence electrons. The van der Waals surface area contributed by atoms with E-state index in [1.165, 1.54) is 30.3 Å². The molecular formula is C17H16N2O4S. The molecule has 0 atom stereocenters. The summed E-state index contributed by atoms with van der Waals surface area (Å²) in [5, 5.41) is 9.78. The number of benzene rings is 2. The van der Waals surface area contributed by atoms with E-state index in [0.29, 0.717) is 28.9 Å². The molecule has 7 heteroatoms. The van der Waals surface area contributed by atoms with Crippen molar-refractivity contribution in [1.29, 1.82) is 0 Å². The Morgan fingerprint density at radius 2 is 1.88 bits per heavy atom. The average Bonchev–Trinajstić information content (AvgIpc) is 2.57. The fraction of sp³-hybridized carbons (Fsp3) is 0.118. The number of nitrogens with one attached hydrogen (secondary N) is 1. The van der Waals surface area contributed by atoms with Gasteiger partial charge in [-0.15, -0.1) is 0 Å². The third kappa shape index (κ3) is 3.11. The lowest BCUT2D eigenvalue weighted by molar-refractivity contribution is 0.343. The standard InChI is InChI=1S/C17H16N2O4S/c1-2-23-15-9-10-16(14-4-3-11-18-17(14)15)24(21,22)19-12-5-7-13(20)8-6-12/h3-11,19-20H,2H2,1H3. The molecule has 0 radical (unpaired) electrons. The minimum Gasteiger partial charge on any atom is -0.508 e. The summed E-state index contributed by atoms with van der Waals surface area (Å²) in [6.07, 6.45) is 1.59. The van der Waals surface area contributed by atoms with Crippen LogP contribution in [0.25, 0.3) is 10.9 Å². The van der Waals surface area contributed by atoms with Crippen molar-refractivity contribution in [3.05, 3.63) is 54.7 Å². The van der Waals surface area contributed by atoms with Gasteiger partial charge in [0.15, 0.2) is 0 Å². The van der Waals surface area contributed by atoms with Crippen LogP contribution in [0.1, 0.15) is 6.92 Å². The summed E-state index contributed by atoms with van der Waals surface area (Å²) in [5.41, 5.74) is 0.853. The Balaban J connectivity index is 2.08. The molecule has 3 rings (SSSR count). The van der Waals surface area contributed by atoms with Gasteiger partial charge in [-0.25, -0.2) is 8.42 Å². The Kier molecular flexibility index (Phi) is 4.26. The van der Waals surface area contributed by atoms with E-state index in [4.69, 9.17) is 4.74 Å². The molecule has 1 aromatic heterocycles. The van der Waals surface area contributed by atoms with Crippen LogP contribution in [0.2, 0.25) is 0 Å². The van der Waals surface area contributed by atoms with E-state index >= 15 is 0 Å². The SMILES string of the molecule is CCOc1ccc(S(=O)(=O)Nc2ccc(O)cc2)c2cccnc12. The van der Waals surface area contributed by atoms with Crippen molar-refractivity contribution < 1.29 is 18.3 Å². The van der Waals surface area contributed by atoms with Gasteiger partial charge in [-0.3, -0.25) is 9.71 Å². The number of hydrogen-bond donors (Lipinski definition) is 2. The van der Waals surface area contributed by atoms with Crippen molar-refractivity contribution >= 4 is 26.6 Å². The number of aromatic hydroxyl groups is 1. The minimum atomic E-state index is -3.81. The second-order valence-corrected chi connectivity index (χ2v) is 6.70. The molecule has 0 amide bonds. The largest absolute Gasteiger partial charge is 0.508 e. The number of nitrogens with zero attached hydrogens (tertiary/aromatic N) is 1. The minimum absolute atomic E-state index is 0.0636. The van der Waals surface area contributed by atoms with Crippen molar-refractivity contribution in [2.45, 2.75) is 11.8 Å². The molecule has 24 heavy (non-hydrogen) atoms. The molecule has 0 aliphatic carbocycles. The number of phenolic OH excluding ortho intramolecular Hbond substituents is 1. The highest BCUT2D eigenvalue weighted by Crippen LogP contribution is 2.30. The van der Waals surface area contributed by atoms with Crippen LogP contribution in [0.15, 0.2) is 59.6 Å². The maximum Gasteiger partial charge on any atom is 0.262 e. The molecule has 0 aliphatic heterocycles. The van der Waals surface area contributed by atoms with Gasteiger partial charge in [0.05, 0.1) is 11.5 Å². The number of ether oxygens (including phenoxy) is 1. The topological polar surface area (TPSA) is 88.5 Å². The maximum atomic E-state index is 12.7. The number of aromatic nitrogens is 1. The summed E-state index contributed by atoms with van der Waals surface area (Å²) in [7, 11) is -3.81. The fourth-order valence-corrected chi connectivity index (χ4v) is 3.62. The Labute approximate surface area is 139 Å². The molecule has 0 bridgehead atoms. The van der Waals surface area contributed by atoms with Crippen molar-refractivity contribution in [1.82, 2.24) is 4.98 Å². The van der Waals surface area contributed by atoms with Crippen molar-refractivity contribution in [2.24, 2.45) is 0 Å². The lowest BCUT2D eigenvalue weighted by Gasteiger charge is -2.12. The first-order valence-corrected chi connectivity index (χ1v) is 8.82. The summed E-state index contributed by atoms with van der Waals surface area (Å²) in [4.78, 5) is 4.36. The Hall–Kier alpha value is -2.80. The van der Waals surface area contributed by atoms with Gasteiger partial charge in [0.25, 0.3) is 10.0 Å². The molecular weight excluding hydrogens is 328 g/mol. The zero-order chi connectivity index (χ0) is 17.2. The number of pyridine rings is 1. The third-order valence-corrected chi connectivity index (χ3v) is 4.84. The third-order valence-electron chi connectivity index (χ3n) is 3.40. The predicted molar refractivity (Wildman–Crippen MR) is 91.8 cm³/mol. The number of sulfonamides is 1. The number of rotatable bonds is 5. The molecule has 0 unspecified atom stereocenters. The summed E-state index contributed by atoms with van der Waals surface area (Å²) in [6, 6.07) is 12.3. The van der Waals surface area contributed by atoms with Crippen molar-refractivity contribution in [2.75, 3.05) is 11.3 Å². The van der Waals surface area contributed by atoms with Gasteiger partial charge < -0.3 is 9.84 Å². The van der Waals surface area contributed by atoms with Gasteiger partial charge in [-0.1, -0.05) is 0 Å². The van der Waals surface area contributed by atoms with E-state index in [0.717, 1.165) is 0 Å². The lowest BCUT2D eigenvalue weighted by Crippen LogP contribution is -2.13. The molecule has 0 saturated carbocycles. The highest BCUT2D eigenvalue weighted by atomic mass is 32.2. The molecule has 2 N–H and O–H groups in total. The molecule has 1 heterocycles. The quantitative estimate of drug-likeness (QED) is 0.694. The summed E-state index contributed by atoms with van der Waals surface area (Å²) < 4.78 is 33.5. The van der Waals surface area contributed by atoms with Crippen molar-refractivity contribution in [3.8, 4) is 11.5 Å². The van der Waals surface area contributed by atoms with Crippen LogP contribution in [0.3, 0.4) is 0 Å². The normalized spacial score (nSPS) is 11.4. The van der Waals surface area contributed by atoms with Crippen LogP contribution in [0, 0.1) is 0 Å². The van der Waals surface area contributed by atoms with E-state index in [9.17, 15) is 13.5 Å². The van der Waals surface area contributed by atoms with Crippen LogP contribution >= 0.6 is 0 Å². The number of anilines is 1. The lowest BCUT2D eigenvalue weighted by atomic mass is 10.2. The molecule has 3 aromatic rings. The monoisotopic (exact) mass is 344 g/mol. The van der Waals surface area contributed by atoms with E-state index in [2.05, 4.69) is 9.71 Å². The highest BCUT2D eigenvalue weighted by molar-refractivity contribution is 7.93. The number of phenols is 1. The summed E-state index contributed by atoms with van der Waals surface area (Å²) >= 11 is 0.